The van der Waals surface area contributed by atoms with Crippen LogP contribution in [0, 0.1) is 0 Å². The van der Waals surface area contributed by atoms with E-state index in [1.807, 2.05) is 13.1 Å². The number of rotatable bonds is 4. The van der Waals surface area contributed by atoms with Gasteiger partial charge in [-0.3, -0.25) is 9.67 Å². The molecule has 4 nitrogen and oxygen atoms in total. The van der Waals surface area contributed by atoms with Gasteiger partial charge in [0.05, 0.1) is 21.8 Å². The van der Waals surface area contributed by atoms with E-state index in [9.17, 15) is 5.11 Å². The minimum Gasteiger partial charge on any atom is -0.387 e. The molecule has 0 bridgehead atoms. The van der Waals surface area contributed by atoms with Gasteiger partial charge in [-0.1, -0.05) is 23.2 Å². The summed E-state index contributed by atoms with van der Waals surface area (Å²) in [4.78, 5) is 4.06. The van der Waals surface area contributed by atoms with E-state index in [1.165, 1.54) is 6.20 Å². The second kappa shape index (κ2) is 5.69. The summed E-state index contributed by atoms with van der Waals surface area (Å²) in [5, 5.41) is 15.0. The Balaban J connectivity index is 2.03. The molecule has 0 aliphatic heterocycles. The van der Waals surface area contributed by atoms with Gasteiger partial charge in [-0.25, -0.2) is 0 Å². The summed E-state index contributed by atoms with van der Waals surface area (Å²) >= 11 is 11.8. The first-order chi connectivity index (χ1) is 8.58. The van der Waals surface area contributed by atoms with E-state index >= 15 is 0 Å². The number of pyridine rings is 1. The van der Waals surface area contributed by atoms with E-state index in [0.717, 1.165) is 5.69 Å². The highest BCUT2D eigenvalue weighted by Crippen LogP contribution is 2.26. The van der Waals surface area contributed by atoms with Crippen molar-refractivity contribution >= 4 is 23.2 Å². The van der Waals surface area contributed by atoms with Crippen LogP contribution in [0.4, 0.5) is 0 Å². The maximum Gasteiger partial charge on any atom is 0.0978 e. The van der Waals surface area contributed by atoms with Crippen molar-refractivity contribution in [2.24, 2.45) is 7.05 Å². The zero-order chi connectivity index (χ0) is 13.1. The summed E-state index contributed by atoms with van der Waals surface area (Å²) in [6.45, 7) is 0. The molecule has 0 spiro atoms. The molecule has 0 aliphatic rings. The molecule has 1 N–H and O–H groups in total. The fourth-order valence-corrected chi connectivity index (χ4v) is 2.24. The van der Waals surface area contributed by atoms with E-state index in [-0.39, 0.29) is 0 Å². The van der Waals surface area contributed by atoms with Gasteiger partial charge in [-0.15, -0.1) is 0 Å². The number of hydrogen-bond donors (Lipinski definition) is 1. The highest BCUT2D eigenvalue weighted by atomic mass is 35.5. The van der Waals surface area contributed by atoms with Crippen molar-refractivity contribution in [2.75, 3.05) is 0 Å². The summed E-state index contributed by atoms with van der Waals surface area (Å²) in [5.41, 5.74) is 1.52. The molecular weight excluding hydrogens is 273 g/mol. The Kier molecular flexibility index (Phi) is 4.22. The molecule has 1 unspecified atom stereocenters. The van der Waals surface area contributed by atoms with Gasteiger partial charge in [0.15, 0.2) is 0 Å². The molecule has 96 valence electrons. The van der Waals surface area contributed by atoms with Crippen LogP contribution in [0.5, 0.6) is 0 Å². The van der Waals surface area contributed by atoms with E-state index in [1.54, 1.807) is 16.9 Å². The number of nitrogens with zero attached hydrogens (tertiary/aromatic N) is 3. The van der Waals surface area contributed by atoms with Crippen LogP contribution >= 0.6 is 23.2 Å². The van der Waals surface area contributed by atoms with E-state index in [0.29, 0.717) is 28.6 Å². The normalized spacial score (nSPS) is 12.7. The molecule has 2 aromatic heterocycles. The number of halogens is 2. The highest BCUT2D eigenvalue weighted by Gasteiger charge is 2.14. The summed E-state index contributed by atoms with van der Waals surface area (Å²) in [7, 11) is 1.87. The standard InChI is InChI=1S/C12H13Cl2N3O/c1-17-9(4-5-16-17)2-3-11(18)12-10(14)6-8(13)7-15-12/h4-7,11,18H,2-3H2,1H3. The van der Waals surface area contributed by atoms with Crippen LogP contribution in [0.2, 0.25) is 10.0 Å². The molecule has 0 aromatic carbocycles. The first-order valence-electron chi connectivity index (χ1n) is 5.54. The van der Waals surface area contributed by atoms with Crippen LogP contribution in [0.15, 0.2) is 24.5 Å². The lowest BCUT2D eigenvalue weighted by Crippen LogP contribution is -2.05. The van der Waals surface area contributed by atoms with Gasteiger partial charge in [0.1, 0.15) is 0 Å². The SMILES string of the molecule is Cn1nccc1CCC(O)c1ncc(Cl)cc1Cl. The Morgan fingerprint density at radius 3 is 2.83 bits per heavy atom. The van der Waals surface area contributed by atoms with Crippen LogP contribution < -0.4 is 0 Å². The van der Waals surface area contributed by atoms with Gasteiger partial charge >= 0.3 is 0 Å². The molecule has 0 aliphatic carbocycles. The Bertz CT molecular complexity index is 542. The van der Waals surface area contributed by atoms with E-state index in [2.05, 4.69) is 10.1 Å². The predicted molar refractivity (Wildman–Crippen MR) is 70.7 cm³/mol. The van der Waals surface area contributed by atoms with Crippen LogP contribution in [-0.2, 0) is 13.5 Å². The van der Waals surface area contributed by atoms with Gasteiger partial charge < -0.3 is 5.11 Å². The Morgan fingerprint density at radius 2 is 2.22 bits per heavy atom. The topological polar surface area (TPSA) is 50.9 Å². The van der Waals surface area contributed by atoms with Crippen molar-refractivity contribution in [2.45, 2.75) is 18.9 Å². The molecule has 0 radical (unpaired) electrons. The zero-order valence-electron chi connectivity index (χ0n) is 9.85. The Morgan fingerprint density at radius 1 is 1.44 bits per heavy atom. The van der Waals surface area contributed by atoms with Crippen molar-refractivity contribution in [3.8, 4) is 0 Å². The minimum absolute atomic E-state index is 0.389. The van der Waals surface area contributed by atoms with Crippen molar-refractivity contribution in [1.82, 2.24) is 14.8 Å². The Hall–Kier alpha value is -1.10. The molecule has 18 heavy (non-hydrogen) atoms. The van der Waals surface area contributed by atoms with Crippen LogP contribution in [0.25, 0.3) is 0 Å². The lowest BCUT2D eigenvalue weighted by atomic mass is 10.1. The molecule has 2 rings (SSSR count). The molecule has 0 saturated heterocycles. The average molecular weight is 286 g/mol. The highest BCUT2D eigenvalue weighted by molar-refractivity contribution is 6.34. The molecular formula is C12H13Cl2N3O. The number of aryl methyl sites for hydroxylation is 2. The maximum atomic E-state index is 10.1. The fourth-order valence-electron chi connectivity index (χ4n) is 1.74. The van der Waals surface area contributed by atoms with E-state index < -0.39 is 6.10 Å². The lowest BCUT2D eigenvalue weighted by molar-refractivity contribution is 0.162. The first kappa shape index (κ1) is 13.3. The molecule has 2 heterocycles. The van der Waals surface area contributed by atoms with Crippen molar-refractivity contribution < 1.29 is 5.11 Å². The van der Waals surface area contributed by atoms with Gasteiger partial charge in [0, 0.05) is 25.1 Å². The first-order valence-corrected chi connectivity index (χ1v) is 6.29. The lowest BCUT2D eigenvalue weighted by Gasteiger charge is -2.11. The monoisotopic (exact) mass is 285 g/mol. The molecule has 0 amide bonds. The average Bonchev–Trinajstić information content (AvgIpc) is 2.72. The van der Waals surface area contributed by atoms with Crippen LogP contribution in [0.3, 0.4) is 0 Å². The third kappa shape index (κ3) is 3.02. The van der Waals surface area contributed by atoms with Crippen molar-refractivity contribution in [1.29, 1.82) is 0 Å². The van der Waals surface area contributed by atoms with Gasteiger partial charge in [0.2, 0.25) is 0 Å². The number of hydrogen-bond acceptors (Lipinski definition) is 3. The Labute approximate surface area is 115 Å². The molecule has 2 aromatic rings. The molecule has 1 atom stereocenters. The van der Waals surface area contributed by atoms with Crippen LogP contribution in [-0.4, -0.2) is 19.9 Å². The third-order valence-electron chi connectivity index (χ3n) is 2.75. The molecule has 6 heteroatoms. The number of aromatic nitrogens is 3. The van der Waals surface area contributed by atoms with E-state index in [4.69, 9.17) is 23.2 Å². The predicted octanol–water partition coefficient (Wildman–Crippen LogP) is 2.79. The van der Waals surface area contributed by atoms with Crippen molar-refractivity contribution in [3.63, 3.8) is 0 Å². The molecule has 0 fully saturated rings. The summed E-state index contributed by atoms with van der Waals surface area (Å²) in [5.74, 6) is 0. The van der Waals surface area contributed by atoms with Gasteiger partial charge in [-0.2, -0.15) is 5.10 Å². The maximum absolute atomic E-state index is 10.1. The summed E-state index contributed by atoms with van der Waals surface area (Å²) in [6.07, 6.45) is 3.75. The second-order valence-electron chi connectivity index (χ2n) is 4.02. The second-order valence-corrected chi connectivity index (χ2v) is 4.86. The number of aliphatic hydroxyl groups excluding tert-OH is 1. The van der Waals surface area contributed by atoms with Crippen molar-refractivity contribution in [3.05, 3.63) is 46.0 Å². The van der Waals surface area contributed by atoms with Crippen LogP contribution in [0.1, 0.15) is 23.9 Å². The fraction of sp³-hybridized carbons (Fsp3) is 0.333. The third-order valence-corrected chi connectivity index (χ3v) is 3.26. The van der Waals surface area contributed by atoms with Gasteiger partial charge in [-0.05, 0) is 25.0 Å². The number of aliphatic hydroxyl groups is 1. The van der Waals surface area contributed by atoms with Gasteiger partial charge in [0.25, 0.3) is 0 Å². The quantitative estimate of drug-likeness (QED) is 0.940. The smallest absolute Gasteiger partial charge is 0.0978 e. The summed E-state index contributed by atoms with van der Waals surface area (Å²) < 4.78 is 1.78. The minimum atomic E-state index is -0.704. The molecule has 0 saturated carbocycles. The zero-order valence-corrected chi connectivity index (χ0v) is 11.4. The summed E-state index contributed by atoms with van der Waals surface area (Å²) in [6, 6.07) is 3.50. The largest absolute Gasteiger partial charge is 0.387 e.